The Hall–Kier alpha value is -2.37. The second kappa shape index (κ2) is 9.55. The first kappa shape index (κ1) is 17.6. The molecule has 0 fully saturated rings. The second-order valence-corrected chi connectivity index (χ2v) is 3.20. The fourth-order valence-corrected chi connectivity index (χ4v) is 1.16. The first-order valence-electron chi connectivity index (χ1n) is 6.01. The summed E-state index contributed by atoms with van der Waals surface area (Å²) in [5, 5.41) is 0. The van der Waals surface area contributed by atoms with Gasteiger partial charge >= 0.3 is 17.9 Å². The maximum atomic E-state index is 11.7. The topological polar surface area (TPSA) is 78.9 Å². The van der Waals surface area contributed by atoms with Crippen molar-refractivity contribution in [1.29, 1.82) is 0 Å². The van der Waals surface area contributed by atoms with Crippen LogP contribution < -0.4 is 0 Å². The Morgan fingerprint density at radius 2 is 1.35 bits per heavy atom. The molecule has 0 aromatic heterocycles. The third-order valence-corrected chi connectivity index (χ3v) is 2.06. The van der Waals surface area contributed by atoms with Crippen molar-refractivity contribution in [1.82, 2.24) is 0 Å². The molecule has 0 unspecified atom stereocenters. The van der Waals surface area contributed by atoms with Crippen molar-refractivity contribution in [3.63, 3.8) is 0 Å². The van der Waals surface area contributed by atoms with Crippen LogP contribution in [0.1, 0.15) is 24.2 Å². The van der Waals surface area contributed by atoms with Crippen molar-refractivity contribution in [2.24, 2.45) is 0 Å². The molecule has 1 rings (SSSR count). The highest BCUT2D eigenvalue weighted by Gasteiger charge is 2.33. The predicted octanol–water partition coefficient (Wildman–Crippen LogP) is 1.58. The minimum absolute atomic E-state index is 0.218. The quantitative estimate of drug-likeness (QED) is 0.474. The Labute approximate surface area is 117 Å². The summed E-state index contributed by atoms with van der Waals surface area (Å²) in [5.41, 5.74) is 0.218. The SMILES string of the molecule is CC.COC(=O)C(OC(=O)c1ccccc1)C(=O)OC. The Morgan fingerprint density at radius 3 is 1.75 bits per heavy atom. The fraction of sp³-hybridized carbons (Fsp3) is 0.357. The number of carbonyl (C=O) groups excluding carboxylic acids is 3. The van der Waals surface area contributed by atoms with E-state index in [1.807, 2.05) is 13.8 Å². The van der Waals surface area contributed by atoms with Crippen molar-refractivity contribution in [3.8, 4) is 0 Å². The van der Waals surface area contributed by atoms with Crippen LogP contribution in [0.15, 0.2) is 30.3 Å². The Bertz CT molecular complexity index is 424. The molecule has 6 heteroatoms. The van der Waals surface area contributed by atoms with Crippen LogP contribution in [-0.2, 0) is 23.8 Å². The van der Waals surface area contributed by atoms with E-state index in [4.69, 9.17) is 4.74 Å². The lowest BCUT2D eigenvalue weighted by Gasteiger charge is -2.13. The van der Waals surface area contributed by atoms with Crippen LogP contribution in [0.3, 0.4) is 0 Å². The van der Waals surface area contributed by atoms with Crippen LogP contribution in [0.25, 0.3) is 0 Å². The Morgan fingerprint density at radius 1 is 0.900 bits per heavy atom. The second-order valence-electron chi connectivity index (χ2n) is 3.20. The highest BCUT2D eigenvalue weighted by molar-refractivity contribution is 6.01. The highest BCUT2D eigenvalue weighted by atomic mass is 16.6. The van der Waals surface area contributed by atoms with Gasteiger partial charge in [0.05, 0.1) is 19.8 Å². The van der Waals surface area contributed by atoms with Gasteiger partial charge in [-0.05, 0) is 12.1 Å². The largest absolute Gasteiger partial charge is 0.466 e. The maximum absolute atomic E-state index is 11.7. The molecule has 0 saturated heterocycles. The Kier molecular flexibility index (Phi) is 8.41. The van der Waals surface area contributed by atoms with Gasteiger partial charge in [-0.1, -0.05) is 32.0 Å². The molecule has 0 spiro atoms. The zero-order chi connectivity index (χ0) is 15.5. The smallest absolute Gasteiger partial charge is 0.359 e. The van der Waals surface area contributed by atoms with Crippen molar-refractivity contribution >= 4 is 17.9 Å². The minimum atomic E-state index is -1.72. The van der Waals surface area contributed by atoms with E-state index in [9.17, 15) is 14.4 Å². The third kappa shape index (κ3) is 5.09. The van der Waals surface area contributed by atoms with E-state index >= 15 is 0 Å². The van der Waals surface area contributed by atoms with E-state index in [2.05, 4.69) is 9.47 Å². The summed E-state index contributed by atoms with van der Waals surface area (Å²) in [4.78, 5) is 34.2. The Balaban J connectivity index is 0.00000172. The van der Waals surface area contributed by atoms with E-state index < -0.39 is 24.0 Å². The predicted molar refractivity (Wildman–Crippen MR) is 71.0 cm³/mol. The van der Waals surface area contributed by atoms with Gasteiger partial charge in [-0.25, -0.2) is 14.4 Å². The summed E-state index contributed by atoms with van der Waals surface area (Å²) < 4.78 is 13.5. The number of methoxy groups -OCH3 is 2. The maximum Gasteiger partial charge on any atom is 0.359 e. The number of hydrogen-bond donors (Lipinski definition) is 0. The first-order valence-corrected chi connectivity index (χ1v) is 6.01. The molecule has 0 N–H and O–H groups in total. The van der Waals surface area contributed by atoms with Crippen molar-refractivity contribution in [2.75, 3.05) is 14.2 Å². The van der Waals surface area contributed by atoms with Gasteiger partial charge in [0.2, 0.25) is 0 Å². The molecule has 20 heavy (non-hydrogen) atoms. The van der Waals surface area contributed by atoms with Crippen LogP contribution in [-0.4, -0.2) is 38.2 Å². The van der Waals surface area contributed by atoms with E-state index in [0.717, 1.165) is 14.2 Å². The van der Waals surface area contributed by atoms with Crippen LogP contribution >= 0.6 is 0 Å². The van der Waals surface area contributed by atoms with E-state index in [1.165, 1.54) is 12.1 Å². The molecule has 0 aliphatic heterocycles. The number of hydrogen-bond acceptors (Lipinski definition) is 6. The molecule has 0 heterocycles. The number of carbonyl (C=O) groups is 3. The van der Waals surface area contributed by atoms with Crippen molar-refractivity contribution < 1.29 is 28.6 Å². The van der Waals surface area contributed by atoms with Crippen molar-refractivity contribution in [3.05, 3.63) is 35.9 Å². The molecule has 0 atom stereocenters. The molecular weight excluding hydrogens is 264 g/mol. The first-order chi connectivity index (χ1) is 9.60. The van der Waals surface area contributed by atoms with Gasteiger partial charge in [-0.15, -0.1) is 0 Å². The van der Waals surface area contributed by atoms with Gasteiger partial charge in [-0.2, -0.15) is 0 Å². The molecule has 0 radical (unpaired) electrons. The summed E-state index contributed by atoms with van der Waals surface area (Å²) in [6.45, 7) is 4.00. The normalized spacial score (nSPS) is 9.05. The lowest BCUT2D eigenvalue weighted by Crippen LogP contribution is -2.36. The van der Waals surface area contributed by atoms with Crippen LogP contribution in [0, 0.1) is 0 Å². The average Bonchev–Trinajstić information content (AvgIpc) is 2.53. The van der Waals surface area contributed by atoms with Crippen LogP contribution in [0.2, 0.25) is 0 Å². The fourth-order valence-electron chi connectivity index (χ4n) is 1.16. The summed E-state index contributed by atoms with van der Waals surface area (Å²) in [6, 6.07) is 7.96. The zero-order valence-corrected chi connectivity index (χ0v) is 11.9. The third-order valence-electron chi connectivity index (χ3n) is 2.06. The molecule has 0 saturated carbocycles. The lowest BCUT2D eigenvalue weighted by atomic mass is 10.2. The molecule has 0 aliphatic carbocycles. The molecule has 0 amide bonds. The highest BCUT2D eigenvalue weighted by Crippen LogP contribution is 2.06. The van der Waals surface area contributed by atoms with E-state index in [0.29, 0.717) is 0 Å². The van der Waals surface area contributed by atoms with Crippen LogP contribution in [0.5, 0.6) is 0 Å². The number of rotatable bonds is 4. The number of ether oxygens (including phenoxy) is 3. The minimum Gasteiger partial charge on any atom is -0.466 e. The monoisotopic (exact) mass is 282 g/mol. The zero-order valence-electron chi connectivity index (χ0n) is 11.9. The van der Waals surface area contributed by atoms with Gasteiger partial charge < -0.3 is 14.2 Å². The number of esters is 3. The van der Waals surface area contributed by atoms with Gasteiger partial charge in [0.25, 0.3) is 6.10 Å². The average molecular weight is 282 g/mol. The summed E-state index contributed by atoms with van der Waals surface area (Å²) in [5.74, 6) is -2.80. The number of benzene rings is 1. The van der Waals surface area contributed by atoms with Crippen molar-refractivity contribution in [2.45, 2.75) is 20.0 Å². The molecule has 1 aromatic rings. The molecule has 110 valence electrons. The molecule has 0 bridgehead atoms. The molecular formula is C14H18O6. The van der Waals surface area contributed by atoms with Gasteiger partial charge in [-0.3, -0.25) is 0 Å². The van der Waals surface area contributed by atoms with E-state index in [1.54, 1.807) is 18.2 Å². The summed E-state index contributed by atoms with van der Waals surface area (Å²) >= 11 is 0. The molecule has 0 aliphatic rings. The molecule has 6 nitrogen and oxygen atoms in total. The van der Waals surface area contributed by atoms with Crippen LogP contribution in [0.4, 0.5) is 0 Å². The van der Waals surface area contributed by atoms with Gasteiger partial charge in [0.1, 0.15) is 0 Å². The van der Waals surface area contributed by atoms with E-state index in [-0.39, 0.29) is 5.56 Å². The standard InChI is InChI=1S/C12H12O6.C2H6/c1-16-11(14)9(12(15)17-2)18-10(13)8-6-4-3-5-7-8;1-2/h3-7,9H,1-2H3;1-2H3. The van der Waals surface area contributed by atoms with Gasteiger partial charge in [0, 0.05) is 0 Å². The summed E-state index contributed by atoms with van der Waals surface area (Å²) in [6.07, 6.45) is -1.72. The molecule has 1 aromatic carbocycles. The summed E-state index contributed by atoms with van der Waals surface area (Å²) in [7, 11) is 2.16. The lowest BCUT2D eigenvalue weighted by molar-refractivity contribution is -0.165. The van der Waals surface area contributed by atoms with Gasteiger partial charge in [0.15, 0.2) is 0 Å².